The van der Waals surface area contributed by atoms with Crippen LogP contribution in [0.1, 0.15) is 87.0 Å². The number of hydrogen-bond donors (Lipinski definition) is 2. The summed E-state index contributed by atoms with van der Waals surface area (Å²) in [5.41, 5.74) is -2.05. The molecule has 0 saturated carbocycles. The summed E-state index contributed by atoms with van der Waals surface area (Å²) in [4.78, 5) is 58.4. The monoisotopic (exact) mass is 1690 g/mol. The summed E-state index contributed by atoms with van der Waals surface area (Å²) in [5.74, 6) is -6.84. The molecule has 0 bridgehead atoms. The number of carbonyl (C=O) groups excluding carboxylic acids is 2. The van der Waals surface area contributed by atoms with Gasteiger partial charge in [0, 0.05) is 122 Å². The number of carbonyl (C=O) groups is 3. The molecule has 3 aliphatic heterocycles. The number of aromatic nitrogens is 6. The molecule has 41 heteroatoms. The first-order chi connectivity index (χ1) is 53.5. The lowest BCUT2D eigenvalue weighted by Crippen LogP contribution is -2.50. The molecule has 614 valence electrons. The van der Waals surface area contributed by atoms with Crippen LogP contribution >= 0.6 is 0 Å². The molecule has 1 unspecified atom stereocenters. The largest absolute Gasteiger partial charge is 0.480 e. The van der Waals surface area contributed by atoms with Gasteiger partial charge in [0.25, 0.3) is 0 Å². The Hall–Kier alpha value is -10.2. The third-order valence-electron chi connectivity index (χ3n) is 18.7. The summed E-state index contributed by atoms with van der Waals surface area (Å²) in [7, 11) is -12.9. The van der Waals surface area contributed by atoms with Gasteiger partial charge in [-0.05, 0) is 143 Å². The summed E-state index contributed by atoms with van der Waals surface area (Å²) in [6.07, 6.45) is -15.1. The van der Waals surface area contributed by atoms with E-state index in [1.807, 2.05) is 0 Å². The van der Waals surface area contributed by atoms with Gasteiger partial charge in [-0.25, -0.2) is 64.8 Å². The maximum Gasteiger partial charge on any atom is 0.433 e. The predicted octanol–water partition coefficient (Wildman–Crippen LogP) is 14.4. The van der Waals surface area contributed by atoms with Crippen LogP contribution in [-0.4, -0.2) is 145 Å². The molecule has 3 N–H and O–H groups in total. The van der Waals surface area contributed by atoms with Crippen molar-refractivity contribution in [1.82, 2.24) is 42.8 Å². The lowest BCUT2D eigenvalue weighted by atomic mass is 9.90. The zero-order valence-corrected chi connectivity index (χ0v) is 62.3. The van der Waals surface area contributed by atoms with Gasteiger partial charge in [0.2, 0.25) is 30.1 Å². The molecule has 3 aliphatic rings. The van der Waals surface area contributed by atoms with E-state index in [1.54, 1.807) is 0 Å². The molecule has 0 amide bonds. The minimum Gasteiger partial charge on any atom is -0.480 e. The van der Waals surface area contributed by atoms with Crippen LogP contribution in [0.4, 0.5) is 79.0 Å². The number of benzene rings is 3. The van der Waals surface area contributed by atoms with E-state index in [4.69, 9.17) is 5.73 Å². The summed E-state index contributed by atoms with van der Waals surface area (Å²) in [6.45, 7) is 2.27. The van der Waals surface area contributed by atoms with Gasteiger partial charge in [-0.2, -0.15) is 52.4 Å². The van der Waals surface area contributed by atoms with Crippen molar-refractivity contribution < 1.29 is 124 Å². The summed E-state index contributed by atoms with van der Waals surface area (Å²) < 4.78 is 317. The average molecular weight is 1690 g/mol. The van der Waals surface area contributed by atoms with E-state index in [-0.39, 0.29) is 105 Å². The highest BCUT2D eigenvalue weighted by Gasteiger charge is 2.56. The van der Waals surface area contributed by atoms with Gasteiger partial charge in [0.1, 0.15) is 76.0 Å². The van der Waals surface area contributed by atoms with Crippen molar-refractivity contribution in [2.75, 3.05) is 19.6 Å². The minimum absolute atomic E-state index is 0.0602. The summed E-state index contributed by atoms with van der Waals surface area (Å²) >= 11 is 0. The van der Waals surface area contributed by atoms with Gasteiger partial charge in [0.15, 0.2) is 11.6 Å². The second-order valence-corrected chi connectivity index (χ2v) is 32.4. The fraction of sp³-hybridized carbons (Fsp3) is 0.311. The zero-order valence-electron chi connectivity index (χ0n) is 59.9. The van der Waals surface area contributed by atoms with Crippen molar-refractivity contribution in [2.24, 2.45) is 5.73 Å². The first-order valence-corrected chi connectivity index (χ1v) is 38.2. The molecule has 0 radical (unpaired) electrons. The number of rotatable bonds is 19. The normalized spacial score (nSPS) is 20.3. The van der Waals surface area contributed by atoms with Crippen molar-refractivity contribution >= 4 is 47.6 Å². The van der Waals surface area contributed by atoms with Crippen LogP contribution in [0.2, 0.25) is 0 Å². The number of hydrogen-bond acceptors (Lipinski definition) is 16. The smallest absolute Gasteiger partial charge is 0.433 e. The standard InChI is InChI=1S/2C25H21F6N3O3S.C12H9F4N3.C12H13F2NO4S/c2*1-24(11-17(27)14-34(24)38(36,37)19-6-3-16(26)4-7-19)23(35)9-5-18-10-20(21(28)13-32-18)15-2-8-22(33-12-15)25(29,30)31;13-10-6-18-8(4-17)3-9(10)7-1-2-11(19-5-7)12(14,15)16;1-12(11(16)17)6-9(14)7-15(12)20(18,19)10-4-2-8(13)3-5-10/h2*2-4,6-8,10,12-13,17H,5,9,11,14H2,1H3;1-3,5-6H,4,17H2;2-5,9H,6-7H2,1H3,(H,16,17)/t2*17-,24+;;9-,12?/m11.1/s1. The van der Waals surface area contributed by atoms with E-state index >= 15 is 0 Å². The Balaban J connectivity index is 0.000000184. The molecule has 3 aromatic carbocycles. The number of carboxylic acid groups (broad SMARTS) is 1. The highest BCUT2D eigenvalue weighted by Crippen LogP contribution is 2.42. The van der Waals surface area contributed by atoms with Crippen LogP contribution in [0.3, 0.4) is 0 Å². The first kappa shape index (κ1) is 88.7. The number of aliphatic carboxylic acids is 1. The van der Waals surface area contributed by atoms with Gasteiger partial charge in [-0.1, -0.05) is 18.2 Å². The van der Waals surface area contributed by atoms with Crippen molar-refractivity contribution in [1.29, 1.82) is 0 Å². The number of pyridine rings is 6. The highest BCUT2D eigenvalue weighted by molar-refractivity contribution is 7.89. The first-order valence-electron chi connectivity index (χ1n) is 33.8. The fourth-order valence-corrected chi connectivity index (χ4v) is 18.0. The van der Waals surface area contributed by atoms with E-state index in [9.17, 15) is 124 Å². The lowest BCUT2D eigenvalue weighted by Gasteiger charge is -2.32. The molecule has 3 fully saturated rings. The van der Waals surface area contributed by atoms with E-state index < -0.39 is 179 Å². The molecule has 115 heavy (non-hydrogen) atoms. The van der Waals surface area contributed by atoms with Crippen LogP contribution in [0.15, 0.2) is 179 Å². The second-order valence-electron chi connectivity index (χ2n) is 26.8. The number of aryl methyl sites for hydroxylation is 2. The number of alkyl halides is 12. The Kier molecular flexibility index (Phi) is 26.8. The molecule has 9 heterocycles. The molecule has 3 saturated heterocycles. The summed E-state index contributed by atoms with van der Waals surface area (Å²) in [6, 6.07) is 21.3. The van der Waals surface area contributed by atoms with Gasteiger partial charge in [-0.15, -0.1) is 0 Å². The maximum atomic E-state index is 14.4. The van der Waals surface area contributed by atoms with Gasteiger partial charge >= 0.3 is 24.5 Å². The van der Waals surface area contributed by atoms with Crippen molar-refractivity contribution in [3.05, 3.63) is 234 Å². The average Bonchev–Trinajstić information content (AvgIpc) is 1.62. The number of carboxylic acids is 1. The second kappa shape index (κ2) is 34.7. The van der Waals surface area contributed by atoms with Crippen LogP contribution in [0, 0.1) is 34.9 Å². The third kappa shape index (κ3) is 20.4. The maximum absolute atomic E-state index is 14.4. The molecule has 0 aliphatic carbocycles. The molecule has 6 atom stereocenters. The topological polar surface area (TPSA) is 287 Å². The van der Waals surface area contributed by atoms with Gasteiger partial charge < -0.3 is 10.8 Å². The fourth-order valence-electron chi connectivity index (χ4n) is 12.6. The van der Waals surface area contributed by atoms with Crippen LogP contribution < -0.4 is 5.73 Å². The van der Waals surface area contributed by atoms with Crippen LogP contribution in [-0.2, 0) is 82.4 Å². The SMILES string of the molecule is CC1(C(=O)O)C[C@@H](F)CN1S(=O)(=O)c1ccc(F)cc1.C[C@@]1(C(=O)CCc2cc(-c3ccc(C(F)(F)F)nc3)c(F)cn2)C[C@@H](F)CN1S(=O)(=O)c1ccc(F)cc1.C[C@@]1(C(=O)CCc2cc(-c3ccc(C(F)(F)F)nc3)c(F)cn2)C[C@@H](F)CN1S(=O)(=O)c1ccc(F)cc1.NCc1cc(-c2ccc(C(F)(F)F)nc2)c(F)cn1. The summed E-state index contributed by atoms with van der Waals surface area (Å²) in [5, 5.41) is 9.18. The molecule has 9 aromatic rings. The quantitative estimate of drug-likeness (QED) is 0.0711. The van der Waals surface area contributed by atoms with E-state index in [0.717, 1.165) is 150 Å². The Morgan fingerprint density at radius 1 is 0.409 bits per heavy atom. The van der Waals surface area contributed by atoms with Gasteiger partial charge in [0.05, 0.1) is 50.0 Å². The van der Waals surface area contributed by atoms with Crippen molar-refractivity contribution in [2.45, 2.75) is 141 Å². The number of halogens is 18. The molecular formula is C74H64F18N10O10S3. The molecule has 0 spiro atoms. The lowest BCUT2D eigenvalue weighted by molar-refractivity contribution is -0.146. The zero-order chi connectivity index (χ0) is 84.9. The number of ketones is 2. The Bertz CT molecular complexity index is 5160. The Morgan fingerprint density at radius 3 is 0.922 bits per heavy atom. The number of nitrogens with zero attached hydrogens (tertiary/aromatic N) is 9. The van der Waals surface area contributed by atoms with Crippen LogP contribution in [0.25, 0.3) is 33.4 Å². The van der Waals surface area contributed by atoms with E-state index in [1.165, 1.54) is 32.0 Å². The Labute approximate surface area is 644 Å². The molecule has 12 rings (SSSR count). The Morgan fingerprint density at radius 2 is 0.670 bits per heavy atom. The number of Topliss-reactive ketones (excluding diaryl/α,β-unsaturated/α-hetero) is 2. The molecule has 6 aromatic heterocycles. The van der Waals surface area contributed by atoms with E-state index in [0.29, 0.717) is 22.1 Å². The highest BCUT2D eigenvalue weighted by atomic mass is 32.2. The molecule has 20 nitrogen and oxygen atoms in total. The molecular weight excluding hydrogens is 1630 g/mol. The number of nitrogens with two attached hydrogens (primary N) is 1. The minimum atomic E-state index is -4.66. The number of sulfonamides is 3. The van der Waals surface area contributed by atoms with Crippen molar-refractivity contribution in [3.63, 3.8) is 0 Å². The predicted molar refractivity (Wildman–Crippen MR) is 374 cm³/mol. The van der Waals surface area contributed by atoms with Crippen molar-refractivity contribution in [3.8, 4) is 33.4 Å². The van der Waals surface area contributed by atoms with E-state index in [2.05, 4.69) is 29.9 Å². The third-order valence-corrected chi connectivity index (χ3v) is 24.7. The van der Waals surface area contributed by atoms with Gasteiger partial charge in [-0.3, -0.25) is 44.3 Å². The van der Waals surface area contributed by atoms with Crippen LogP contribution in [0.5, 0.6) is 0 Å².